The van der Waals surface area contributed by atoms with Gasteiger partial charge in [-0.25, -0.2) is 18.4 Å². The van der Waals surface area contributed by atoms with Crippen LogP contribution < -0.4 is 11.1 Å². The molecule has 0 radical (unpaired) electrons. The molecular formula is C24H27B2N5O3S. The number of sulfone groups is 1. The van der Waals surface area contributed by atoms with Crippen LogP contribution in [0.5, 0.6) is 0 Å². The summed E-state index contributed by atoms with van der Waals surface area (Å²) in [6.07, 6.45) is 1.55. The number of nitrogens with two attached hydrogens (primary N) is 1. The van der Waals surface area contributed by atoms with Crippen LogP contribution in [0.3, 0.4) is 0 Å². The van der Waals surface area contributed by atoms with Gasteiger partial charge >= 0.3 is 0 Å². The number of aromatic nitrogens is 3. The fourth-order valence-corrected chi connectivity index (χ4v) is 4.59. The first kappa shape index (κ1) is 24.7. The largest absolute Gasteiger partial charge is 0.382 e. The minimum Gasteiger partial charge on any atom is -0.382 e. The number of nitrogens with one attached hydrogen (secondary N) is 1. The Hall–Kier alpha value is -3.43. The Labute approximate surface area is 207 Å². The highest BCUT2D eigenvalue weighted by molar-refractivity contribution is 7.92. The zero-order valence-corrected chi connectivity index (χ0v) is 21.2. The summed E-state index contributed by atoms with van der Waals surface area (Å²) in [5, 5.41) is 6.84. The molecule has 0 aliphatic heterocycles. The summed E-state index contributed by atoms with van der Waals surface area (Å²) in [5.41, 5.74) is 10.4. The zero-order chi connectivity index (χ0) is 25.4. The highest BCUT2D eigenvalue weighted by Crippen LogP contribution is 2.30. The van der Waals surface area contributed by atoms with Crippen molar-refractivity contribution in [1.29, 1.82) is 0 Å². The maximum atomic E-state index is 12.4. The van der Waals surface area contributed by atoms with Crippen molar-refractivity contribution >= 4 is 31.3 Å². The number of nitrogens with zero attached hydrogens (tertiary/aromatic N) is 3. The Bertz CT molecular complexity index is 1450. The number of hydrogen-bond donors (Lipinski definition) is 2. The molecule has 178 valence electrons. The van der Waals surface area contributed by atoms with E-state index >= 15 is 0 Å². The molecule has 0 aliphatic rings. The molecule has 0 spiro atoms. The van der Waals surface area contributed by atoms with Crippen molar-refractivity contribution in [3.63, 3.8) is 0 Å². The van der Waals surface area contributed by atoms with Gasteiger partial charge in [0, 0.05) is 17.2 Å². The van der Waals surface area contributed by atoms with Crippen LogP contribution in [0.2, 0.25) is 0 Å². The maximum Gasteiger partial charge on any atom is 0.189 e. The molecule has 4 aromatic rings. The summed E-state index contributed by atoms with van der Waals surface area (Å²) in [7, 11) is 2.80. The van der Waals surface area contributed by atoms with Crippen LogP contribution in [-0.2, 0) is 15.2 Å². The second-order valence-corrected chi connectivity index (χ2v) is 11.6. The Balaban J connectivity index is 1.63. The van der Waals surface area contributed by atoms with Crippen molar-refractivity contribution in [2.45, 2.75) is 29.3 Å². The zero-order valence-electron chi connectivity index (χ0n) is 20.4. The molecule has 2 heterocycles. The van der Waals surface area contributed by atoms with Gasteiger partial charge in [-0.2, -0.15) is 0 Å². The Morgan fingerprint density at radius 3 is 2.20 bits per heavy atom. The van der Waals surface area contributed by atoms with Crippen LogP contribution >= 0.6 is 0 Å². The van der Waals surface area contributed by atoms with Crippen LogP contribution in [0.15, 0.2) is 70.2 Å². The molecule has 0 fully saturated rings. The van der Waals surface area contributed by atoms with Gasteiger partial charge in [-0.15, -0.1) is 0 Å². The van der Waals surface area contributed by atoms with Gasteiger partial charge in [0.2, 0.25) is 0 Å². The Morgan fingerprint density at radius 1 is 1.00 bits per heavy atom. The molecular weight excluding hydrogens is 460 g/mol. The summed E-state index contributed by atoms with van der Waals surface area (Å²) in [6.45, 7) is 3.31. The molecule has 0 aliphatic carbocycles. The van der Waals surface area contributed by atoms with Crippen LogP contribution in [0.25, 0.3) is 34.0 Å². The Morgan fingerprint density at radius 2 is 1.60 bits per heavy atom. The van der Waals surface area contributed by atoms with E-state index in [0.29, 0.717) is 28.4 Å². The van der Waals surface area contributed by atoms with Crippen molar-refractivity contribution in [1.82, 2.24) is 20.4 Å². The lowest BCUT2D eigenvalue weighted by Crippen LogP contribution is -2.40. The standard InChI is InChI=1S/C24H27B2N5O3S/c1-14(2)35(32,33)18-10-6-16(7-11-18)20-13-29-23(27)22(30-20)21-12-19(31-34-21)15-4-8-17(9-5-15)24(25,26)28-3/h4-14,28H,25-26H2,1-3H3,(H2,27,29). The lowest BCUT2D eigenvalue weighted by Gasteiger charge is -2.24. The molecule has 0 unspecified atom stereocenters. The van der Waals surface area contributed by atoms with E-state index in [1.165, 1.54) is 0 Å². The molecule has 0 bridgehead atoms. The van der Waals surface area contributed by atoms with Gasteiger partial charge < -0.3 is 15.6 Å². The third-order valence-corrected chi connectivity index (χ3v) is 8.34. The van der Waals surface area contributed by atoms with Gasteiger partial charge in [-0.05, 0) is 43.9 Å². The van der Waals surface area contributed by atoms with Gasteiger partial charge in [0.1, 0.15) is 21.4 Å². The van der Waals surface area contributed by atoms with E-state index in [4.69, 9.17) is 10.3 Å². The van der Waals surface area contributed by atoms with Crippen LogP contribution in [0, 0.1) is 0 Å². The number of anilines is 1. The molecule has 3 N–H and O–H groups in total. The molecule has 4 rings (SSSR count). The van der Waals surface area contributed by atoms with E-state index in [-0.39, 0.29) is 16.1 Å². The number of rotatable bonds is 7. The van der Waals surface area contributed by atoms with Crippen LogP contribution in [0.4, 0.5) is 5.82 Å². The lowest BCUT2D eigenvalue weighted by molar-refractivity contribution is 0.434. The first-order valence-corrected chi connectivity index (χ1v) is 12.8. The van der Waals surface area contributed by atoms with Crippen LogP contribution in [-0.4, -0.2) is 51.5 Å². The average Bonchev–Trinajstić information content (AvgIpc) is 3.34. The number of benzene rings is 2. The van der Waals surface area contributed by atoms with Crippen molar-refractivity contribution in [2.24, 2.45) is 0 Å². The van der Waals surface area contributed by atoms with Crippen molar-refractivity contribution in [2.75, 3.05) is 12.8 Å². The third kappa shape index (κ3) is 4.87. The minimum atomic E-state index is -3.35. The van der Waals surface area contributed by atoms with Gasteiger partial charge in [0.25, 0.3) is 0 Å². The maximum absolute atomic E-state index is 12.4. The first-order chi connectivity index (χ1) is 16.5. The average molecular weight is 487 g/mol. The molecule has 0 amide bonds. The fourth-order valence-electron chi connectivity index (χ4n) is 3.53. The SMILES string of the molecule is BC(B)(NC)c1ccc(-c2cc(-c3nc(-c4ccc(S(=O)(=O)C(C)C)cc4)cnc3N)on2)cc1. The lowest BCUT2D eigenvalue weighted by atomic mass is 9.58. The topological polar surface area (TPSA) is 124 Å². The summed E-state index contributed by atoms with van der Waals surface area (Å²) in [6, 6.07) is 16.4. The fraction of sp³-hybridized carbons (Fsp3) is 0.208. The van der Waals surface area contributed by atoms with Crippen LogP contribution in [0.1, 0.15) is 19.4 Å². The van der Waals surface area contributed by atoms with E-state index in [2.05, 4.69) is 48.3 Å². The second-order valence-electron chi connectivity index (χ2n) is 9.14. The number of hydrogen-bond acceptors (Lipinski definition) is 8. The third-order valence-electron chi connectivity index (χ3n) is 6.17. The quantitative estimate of drug-likeness (QED) is 0.379. The summed E-state index contributed by atoms with van der Waals surface area (Å²) in [4.78, 5) is 9.16. The first-order valence-electron chi connectivity index (χ1n) is 11.3. The van der Waals surface area contributed by atoms with E-state index in [9.17, 15) is 8.42 Å². The second kappa shape index (κ2) is 9.31. The van der Waals surface area contributed by atoms with Gasteiger partial charge in [0.05, 0.1) is 22.0 Å². The highest BCUT2D eigenvalue weighted by Gasteiger charge is 2.21. The van der Waals surface area contributed by atoms with Crippen molar-refractivity contribution in [3.8, 4) is 34.0 Å². The smallest absolute Gasteiger partial charge is 0.189 e. The molecule has 0 saturated heterocycles. The summed E-state index contributed by atoms with van der Waals surface area (Å²) in [5.74, 6) is 0.604. The highest BCUT2D eigenvalue weighted by atomic mass is 32.2. The predicted octanol–water partition coefficient (Wildman–Crippen LogP) is 1.83. The minimum absolute atomic E-state index is 0.144. The van der Waals surface area contributed by atoms with Gasteiger partial charge in [-0.1, -0.05) is 41.6 Å². The Kier molecular flexibility index (Phi) is 6.57. The molecule has 2 aromatic carbocycles. The van der Waals surface area contributed by atoms with E-state index in [0.717, 1.165) is 11.1 Å². The van der Waals surface area contributed by atoms with E-state index < -0.39 is 15.1 Å². The van der Waals surface area contributed by atoms with Crippen molar-refractivity contribution in [3.05, 3.63) is 66.4 Å². The van der Waals surface area contributed by atoms with Gasteiger partial charge in [-0.3, -0.25) is 0 Å². The monoisotopic (exact) mass is 487 g/mol. The molecule has 35 heavy (non-hydrogen) atoms. The summed E-state index contributed by atoms with van der Waals surface area (Å²) < 4.78 is 30.4. The molecule has 11 heteroatoms. The predicted molar refractivity (Wildman–Crippen MR) is 143 cm³/mol. The van der Waals surface area contributed by atoms with E-state index in [1.54, 1.807) is 50.4 Å². The molecule has 8 nitrogen and oxygen atoms in total. The molecule has 2 aromatic heterocycles. The summed E-state index contributed by atoms with van der Waals surface area (Å²) >= 11 is 0. The van der Waals surface area contributed by atoms with Gasteiger partial charge in [0.15, 0.2) is 27.1 Å². The van der Waals surface area contributed by atoms with Crippen molar-refractivity contribution < 1.29 is 12.9 Å². The van der Waals surface area contributed by atoms with E-state index in [1.807, 2.05) is 19.2 Å². The normalized spacial score (nSPS) is 12.2. The molecule has 0 atom stereocenters. The number of nitrogen functional groups attached to an aromatic ring is 1. The molecule has 0 saturated carbocycles.